The summed E-state index contributed by atoms with van der Waals surface area (Å²) in [4.78, 5) is 14.5. The molecule has 0 aromatic carbocycles. The number of unbranched alkanes of at least 4 members (excludes halogenated alkanes) is 1. The Bertz CT molecular complexity index is 402. The van der Waals surface area contributed by atoms with E-state index in [1.165, 1.54) is 5.56 Å². The summed E-state index contributed by atoms with van der Waals surface area (Å²) in [6.45, 7) is 7.32. The van der Waals surface area contributed by atoms with Gasteiger partial charge in [0.1, 0.15) is 6.17 Å². The van der Waals surface area contributed by atoms with Gasteiger partial charge in [0, 0.05) is 6.54 Å². The molecule has 1 aliphatic rings. The molecule has 2 heterocycles. The van der Waals surface area contributed by atoms with Gasteiger partial charge in [-0.2, -0.15) is 11.3 Å². The van der Waals surface area contributed by atoms with Gasteiger partial charge in [0.15, 0.2) is 0 Å². The first-order valence-electron chi connectivity index (χ1n) is 7.22. The van der Waals surface area contributed by atoms with Crippen molar-refractivity contribution in [2.75, 3.05) is 6.54 Å². The van der Waals surface area contributed by atoms with Crippen LogP contribution in [-0.4, -0.2) is 23.4 Å². The van der Waals surface area contributed by atoms with Crippen LogP contribution in [-0.2, 0) is 4.79 Å². The second-order valence-corrected chi connectivity index (χ2v) is 6.49. The van der Waals surface area contributed by atoms with Gasteiger partial charge in [0.05, 0.1) is 6.04 Å². The molecule has 1 fully saturated rings. The average Bonchev–Trinajstić information content (AvgIpc) is 2.97. The highest BCUT2D eigenvalue weighted by Gasteiger charge is 2.39. The van der Waals surface area contributed by atoms with Gasteiger partial charge in [-0.05, 0) is 34.7 Å². The molecule has 1 N–H and O–H groups in total. The van der Waals surface area contributed by atoms with Gasteiger partial charge in [-0.25, -0.2) is 0 Å². The molecule has 1 amide bonds. The number of nitrogens with zero attached hydrogens (tertiary/aromatic N) is 1. The molecule has 1 saturated heterocycles. The molecule has 2 atom stereocenters. The number of hydrogen-bond acceptors (Lipinski definition) is 3. The number of hydrogen-bond donors (Lipinski definition) is 1. The van der Waals surface area contributed by atoms with Gasteiger partial charge < -0.3 is 4.90 Å². The zero-order valence-corrected chi connectivity index (χ0v) is 12.9. The Balaban J connectivity index is 2.13. The van der Waals surface area contributed by atoms with E-state index >= 15 is 0 Å². The molecule has 0 bridgehead atoms. The Labute approximate surface area is 120 Å². The molecule has 0 aliphatic carbocycles. The van der Waals surface area contributed by atoms with Crippen molar-refractivity contribution in [2.24, 2.45) is 5.92 Å². The second kappa shape index (κ2) is 6.53. The van der Waals surface area contributed by atoms with E-state index < -0.39 is 0 Å². The minimum Gasteiger partial charge on any atom is -0.321 e. The highest BCUT2D eigenvalue weighted by atomic mass is 32.1. The van der Waals surface area contributed by atoms with Crippen LogP contribution < -0.4 is 5.32 Å². The first kappa shape index (κ1) is 14.5. The van der Waals surface area contributed by atoms with Crippen LogP contribution in [0.3, 0.4) is 0 Å². The van der Waals surface area contributed by atoms with Gasteiger partial charge >= 0.3 is 0 Å². The molecule has 0 saturated carbocycles. The molecule has 4 heteroatoms. The molecule has 19 heavy (non-hydrogen) atoms. The number of carbonyl (C=O) groups excluding carboxylic acids is 1. The number of amides is 1. The molecule has 106 valence electrons. The van der Waals surface area contributed by atoms with E-state index in [-0.39, 0.29) is 18.1 Å². The molecule has 0 spiro atoms. The fraction of sp³-hybridized carbons (Fsp3) is 0.667. The Morgan fingerprint density at radius 3 is 2.84 bits per heavy atom. The summed E-state index contributed by atoms with van der Waals surface area (Å²) in [6.07, 6.45) is 3.27. The van der Waals surface area contributed by atoms with Gasteiger partial charge in [0.25, 0.3) is 0 Å². The van der Waals surface area contributed by atoms with Crippen molar-refractivity contribution in [1.82, 2.24) is 10.2 Å². The van der Waals surface area contributed by atoms with E-state index in [2.05, 4.69) is 42.9 Å². The molecule has 2 rings (SSSR count). The van der Waals surface area contributed by atoms with Gasteiger partial charge in [-0.1, -0.05) is 33.6 Å². The number of rotatable bonds is 6. The van der Waals surface area contributed by atoms with E-state index in [0.717, 1.165) is 25.8 Å². The average molecular weight is 280 g/mol. The van der Waals surface area contributed by atoms with Crippen LogP contribution in [0, 0.1) is 5.92 Å². The highest BCUT2D eigenvalue weighted by Crippen LogP contribution is 2.29. The number of carbonyl (C=O) groups is 1. The normalized spacial score (nSPS) is 23.6. The minimum atomic E-state index is 0.00333. The molecule has 1 aromatic heterocycles. The van der Waals surface area contributed by atoms with Crippen molar-refractivity contribution in [2.45, 2.75) is 52.2 Å². The fourth-order valence-electron chi connectivity index (χ4n) is 2.59. The minimum absolute atomic E-state index is 0.00333. The van der Waals surface area contributed by atoms with Crippen LogP contribution in [0.4, 0.5) is 0 Å². The van der Waals surface area contributed by atoms with Crippen LogP contribution in [0.1, 0.15) is 51.8 Å². The lowest BCUT2D eigenvalue weighted by Gasteiger charge is -2.25. The van der Waals surface area contributed by atoms with Crippen LogP contribution in [0.25, 0.3) is 0 Å². The molecule has 3 nitrogen and oxygen atoms in total. The Kier molecular flexibility index (Phi) is 4.99. The fourth-order valence-corrected chi connectivity index (χ4v) is 3.27. The molecule has 2 unspecified atom stereocenters. The summed E-state index contributed by atoms with van der Waals surface area (Å²) in [7, 11) is 0. The maximum atomic E-state index is 12.5. The maximum Gasteiger partial charge on any atom is 0.241 e. The third-order valence-electron chi connectivity index (χ3n) is 3.52. The smallest absolute Gasteiger partial charge is 0.241 e. The van der Waals surface area contributed by atoms with E-state index in [4.69, 9.17) is 0 Å². The largest absolute Gasteiger partial charge is 0.321 e. The van der Waals surface area contributed by atoms with E-state index in [9.17, 15) is 4.79 Å². The lowest BCUT2D eigenvalue weighted by atomic mass is 10.1. The van der Waals surface area contributed by atoms with Crippen molar-refractivity contribution in [3.8, 4) is 0 Å². The predicted molar refractivity (Wildman–Crippen MR) is 80.1 cm³/mol. The highest BCUT2D eigenvalue weighted by molar-refractivity contribution is 7.07. The Morgan fingerprint density at radius 2 is 2.26 bits per heavy atom. The van der Waals surface area contributed by atoms with Crippen molar-refractivity contribution in [3.05, 3.63) is 22.4 Å². The van der Waals surface area contributed by atoms with Crippen LogP contribution >= 0.6 is 11.3 Å². The maximum absolute atomic E-state index is 12.5. The first-order valence-corrected chi connectivity index (χ1v) is 8.16. The number of thiophene rings is 1. The SMILES string of the molecule is CCCCC1NC(c2ccsc2)N(CC(C)C)C1=O. The summed E-state index contributed by atoms with van der Waals surface area (Å²) in [5, 5.41) is 7.73. The van der Waals surface area contributed by atoms with Crippen molar-refractivity contribution in [1.29, 1.82) is 0 Å². The van der Waals surface area contributed by atoms with Crippen molar-refractivity contribution in [3.63, 3.8) is 0 Å². The second-order valence-electron chi connectivity index (χ2n) is 5.71. The van der Waals surface area contributed by atoms with Crippen LogP contribution in [0.5, 0.6) is 0 Å². The van der Waals surface area contributed by atoms with Gasteiger partial charge in [-0.15, -0.1) is 0 Å². The zero-order valence-electron chi connectivity index (χ0n) is 12.1. The van der Waals surface area contributed by atoms with E-state index in [0.29, 0.717) is 5.92 Å². The molecule has 1 aliphatic heterocycles. The Morgan fingerprint density at radius 1 is 1.47 bits per heavy atom. The summed E-state index contributed by atoms with van der Waals surface area (Å²) in [6, 6.07) is 2.12. The predicted octanol–water partition coefficient (Wildman–Crippen LogP) is 3.39. The number of nitrogens with one attached hydrogen (secondary N) is 1. The van der Waals surface area contributed by atoms with E-state index in [1.807, 2.05) is 4.90 Å². The topological polar surface area (TPSA) is 32.3 Å². The molecule has 0 radical (unpaired) electrons. The monoisotopic (exact) mass is 280 g/mol. The van der Waals surface area contributed by atoms with Crippen molar-refractivity contribution >= 4 is 17.2 Å². The lowest BCUT2D eigenvalue weighted by Crippen LogP contribution is -2.34. The lowest BCUT2D eigenvalue weighted by molar-refractivity contribution is -0.130. The third kappa shape index (κ3) is 3.37. The van der Waals surface area contributed by atoms with Crippen LogP contribution in [0.2, 0.25) is 0 Å². The first-order chi connectivity index (χ1) is 9.13. The van der Waals surface area contributed by atoms with Gasteiger partial charge in [0.2, 0.25) is 5.91 Å². The summed E-state index contributed by atoms with van der Waals surface area (Å²) < 4.78 is 0. The summed E-state index contributed by atoms with van der Waals surface area (Å²) >= 11 is 1.69. The standard InChI is InChI=1S/C15H24N2OS/c1-4-5-6-13-15(18)17(9-11(2)3)14(16-13)12-7-8-19-10-12/h7-8,10-11,13-14,16H,4-6,9H2,1-3H3. The quantitative estimate of drug-likeness (QED) is 0.866. The molecular formula is C15H24N2OS. The molecule has 1 aromatic rings. The van der Waals surface area contributed by atoms with E-state index in [1.54, 1.807) is 11.3 Å². The van der Waals surface area contributed by atoms with Gasteiger partial charge in [-0.3, -0.25) is 10.1 Å². The third-order valence-corrected chi connectivity index (χ3v) is 4.22. The Hall–Kier alpha value is -0.870. The van der Waals surface area contributed by atoms with Crippen molar-refractivity contribution < 1.29 is 4.79 Å². The summed E-state index contributed by atoms with van der Waals surface area (Å²) in [5.74, 6) is 0.773. The van der Waals surface area contributed by atoms with Crippen LogP contribution in [0.15, 0.2) is 16.8 Å². The molecular weight excluding hydrogens is 256 g/mol. The summed E-state index contributed by atoms with van der Waals surface area (Å²) in [5.41, 5.74) is 1.22. The zero-order chi connectivity index (χ0) is 13.8.